The Morgan fingerprint density at radius 1 is 0.412 bits per heavy atom. The second kappa shape index (κ2) is 28.0. The number of benzene rings is 1. The number of rotatable bonds is 33. The molecule has 5 heteroatoms. The lowest BCUT2D eigenvalue weighted by Crippen LogP contribution is -2.31. The normalized spacial score (nSPS) is 11.5. The quantitative estimate of drug-likeness (QED) is 0.0593. The van der Waals surface area contributed by atoms with Gasteiger partial charge in [0, 0.05) is 17.1 Å². The number of anilines is 1. The van der Waals surface area contributed by atoms with Gasteiger partial charge in [0.1, 0.15) is 13.3 Å². The molecule has 1 aromatic carbocycles. The van der Waals surface area contributed by atoms with Crippen LogP contribution in [0.25, 0.3) is 0 Å². The fraction of sp³-hybridized carbons (Fsp3) is 0.739. The first-order chi connectivity index (χ1) is 25.2. The second-order valence-corrected chi connectivity index (χ2v) is 15.5. The van der Waals surface area contributed by atoms with Gasteiger partial charge in [-0.05, 0) is 75.6 Å². The highest BCUT2D eigenvalue weighted by Crippen LogP contribution is 2.22. The fourth-order valence-corrected chi connectivity index (χ4v) is 7.44. The Labute approximate surface area is 315 Å². The lowest BCUT2D eigenvalue weighted by Gasteiger charge is -2.26. The van der Waals surface area contributed by atoms with Crippen molar-refractivity contribution in [2.24, 2.45) is 0 Å². The third-order valence-corrected chi connectivity index (χ3v) is 10.7. The van der Waals surface area contributed by atoms with Gasteiger partial charge in [-0.25, -0.2) is 9.36 Å². The maximum absolute atomic E-state index is 5.31. The van der Waals surface area contributed by atoms with Crippen molar-refractivity contribution in [2.45, 2.75) is 221 Å². The third-order valence-electron chi connectivity index (χ3n) is 10.7. The molecule has 3 rings (SSSR count). The molecule has 2 heterocycles. The molecule has 0 amide bonds. The summed E-state index contributed by atoms with van der Waals surface area (Å²) in [5.74, 6) is 0. The van der Waals surface area contributed by atoms with Gasteiger partial charge in [0.25, 0.3) is 0 Å². The van der Waals surface area contributed by atoms with Crippen LogP contribution in [-0.2, 0) is 39.0 Å². The third kappa shape index (κ3) is 18.2. The molecular formula is C46H79N5. The van der Waals surface area contributed by atoms with E-state index in [1.54, 1.807) is 0 Å². The minimum atomic E-state index is 0.759. The zero-order valence-corrected chi connectivity index (χ0v) is 34.0. The molecular weight excluding hydrogens is 623 g/mol. The molecule has 0 N–H and O–H groups in total. The van der Waals surface area contributed by atoms with E-state index in [4.69, 9.17) is 10.2 Å². The zero-order valence-electron chi connectivity index (χ0n) is 34.0. The maximum atomic E-state index is 5.31. The van der Waals surface area contributed by atoms with Crippen LogP contribution in [0.15, 0.2) is 42.5 Å². The van der Waals surface area contributed by atoms with Crippen molar-refractivity contribution < 1.29 is 0 Å². The van der Waals surface area contributed by atoms with Crippen LogP contribution >= 0.6 is 0 Å². The number of aryl methyl sites for hydroxylation is 4. The van der Waals surface area contributed by atoms with Gasteiger partial charge in [-0.15, -0.1) is 0 Å². The highest BCUT2D eigenvalue weighted by atomic mass is 15.4. The smallest absolute Gasteiger partial charge is 0.114 e. The standard InChI is InChI=1S/C46H79N5/c1-5-9-13-17-21-26-32-42-38-45(36-28-23-19-15-11-7-3)50(47-42)40-49(44-34-30-25-31-35-44)41-51-46(37-29-24-20-16-12-8-4)39-43(48-51)33-27-22-18-14-10-6-2/h25,30-31,34-35,38-39H,5-24,26-29,32-33,36-37,40-41H2,1-4H3. The molecule has 0 bridgehead atoms. The lowest BCUT2D eigenvalue weighted by molar-refractivity contribution is 0.467. The Hall–Kier alpha value is -2.56. The van der Waals surface area contributed by atoms with Crippen molar-refractivity contribution in [3.05, 3.63) is 65.2 Å². The van der Waals surface area contributed by atoms with E-state index in [1.165, 1.54) is 183 Å². The van der Waals surface area contributed by atoms with Crippen LogP contribution in [0, 0.1) is 0 Å². The van der Waals surface area contributed by atoms with Crippen molar-refractivity contribution >= 4 is 5.69 Å². The molecule has 2 aromatic heterocycles. The van der Waals surface area contributed by atoms with Gasteiger partial charge in [0.15, 0.2) is 0 Å². The molecule has 0 atom stereocenters. The van der Waals surface area contributed by atoms with Gasteiger partial charge < -0.3 is 4.90 Å². The van der Waals surface area contributed by atoms with Crippen molar-refractivity contribution in [3.8, 4) is 0 Å². The summed E-state index contributed by atoms with van der Waals surface area (Å²) >= 11 is 0. The highest BCUT2D eigenvalue weighted by Gasteiger charge is 2.17. The monoisotopic (exact) mass is 702 g/mol. The molecule has 0 spiro atoms. The molecule has 288 valence electrons. The van der Waals surface area contributed by atoms with Crippen LogP contribution in [0.3, 0.4) is 0 Å². The topological polar surface area (TPSA) is 38.9 Å². The second-order valence-electron chi connectivity index (χ2n) is 15.5. The maximum Gasteiger partial charge on any atom is 0.114 e. The summed E-state index contributed by atoms with van der Waals surface area (Å²) in [6, 6.07) is 15.9. The summed E-state index contributed by atoms with van der Waals surface area (Å²) in [7, 11) is 0. The minimum Gasteiger partial charge on any atom is -0.332 e. The SMILES string of the molecule is CCCCCCCCc1cc(CCCCCCCC)n(CN(Cn2nc(CCCCCCCC)cc2CCCCCCCC)c2ccccc2)n1. The van der Waals surface area contributed by atoms with Crippen molar-refractivity contribution in [3.63, 3.8) is 0 Å². The molecule has 0 aliphatic rings. The lowest BCUT2D eigenvalue weighted by atomic mass is 10.1. The molecule has 3 aromatic rings. The number of unbranched alkanes of at least 4 members (excludes halogenated alkanes) is 20. The number of para-hydroxylation sites is 1. The van der Waals surface area contributed by atoms with Gasteiger partial charge >= 0.3 is 0 Å². The summed E-state index contributed by atoms with van der Waals surface area (Å²) < 4.78 is 4.69. The molecule has 0 saturated heterocycles. The number of hydrogen-bond donors (Lipinski definition) is 0. The van der Waals surface area contributed by atoms with E-state index in [2.05, 4.69) is 84.4 Å². The van der Waals surface area contributed by atoms with Gasteiger partial charge in [0.2, 0.25) is 0 Å². The predicted molar refractivity (Wildman–Crippen MR) is 222 cm³/mol. The van der Waals surface area contributed by atoms with Crippen LogP contribution in [0.5, 0.6) is 0 Å². The molecule has 0 fully saturated rings. The first-order valence-electron chi connectivity index (χ1n) is 22.1. The number of hydrogen-bond acceptors (Lipinski definition) is 3. The van der Waals surface area contributed by atoms with E-state index >= 15 is 0 Å². The molecule has 0 saturated carbocycles. The predicted octanol–water partition coefficient (Wildman–Crippen LogP) is 13.8. The summed E-state index contributed by atoms with van der Waals surface area (Å²) in [6.07, 6.45) is 36.3. The molecule has 51 heavy (non-hydrogen) atoms. The van der Waals surface area contributed by atoms with Gasteiger partial charge in [-0.1, -0.05) is 174 Å². The Morgan fingerprint density at radius 2 is 0.745 bits per heavy atom. The number of aromatic nitrogens is 4. The van der Waals surface area contributed by atoms with Gasteiger partial charge in [-0.3, -0.25) is 0 Å². The van der Waals surface area contributed by atoms with Crippen LogP contribution < -0.4 is 4.90 Å². The summed E-state index contributed by atoms with van der Waals surface area (Å²) in [5.41, 5.74) is 6.62. The number of nitrogens with zero attached hydrogens (tertiary/aromatic N) is 5. The van der Waals surface area contributed by atoms with Crippen molar-refractivity contribution in [2.75, 3.05) is 4.90 Å². The van der Waals surface area contributed by atoms with Crippen molar-refractivity contribution in [1.82, 2.24) is 19.6 Å². The Bertz CT molecular complexity index is 1150. The first-order valence-corrected chi connectivity index (χ1v) is 22.1. The Morgan fingerprint density at radius 3 is 1.12 bits per heavy atom. The highest BCUT2D eigenvalue weighted by molar-refractivity contribution is 5.44. The summed E-state index contributed by atoms with van der Waals surface area (Å²) in [5, 5.41) is 10.6. The van der Waals surface area contributed by atoms with E-state index in [-0.39, 0.29) is 0 Å². The average Bonchev–Trinajstić information content (AvgIpc) is 3.73. The molecule has 5 nitrogen and oxygen atoms in total. The van der Waals surface area contributed by atoms with Crippen LogP contribution in [-0.4, -0.2) is 19.6 Å². The van der Waals surface area contributed by atoms with Gasteiger partial charge in [0.05, 0.1) is 11.4 Å². The minimum absolute atomic E-state index is 0.759. The van der Waals surface area contributed by atoms with Crippen molar-refractivity contribution in [1.29, 1.82) is 0 Å². The van der Waals surface area contributed by atoms with E-state index in [9.17, 15) is 0 Å². The molecule has 0 radical (unpaired) electrons. The summed E-state index contributed by atoms with van der Waals surface area (Å²) in [6.45, 7) is 10.7. The Kier molecular flexibility index (Phi) is 23.5. The molecule has 0 aliphatic heterocycles. The molecule has 0 unspecified atom stereocenters. The van der Waals surface area contributed by atoms with E-state index < -0.39 is 0 Å². The summed E-state index contributed by atoms with van der Waals surface area (Å²) in [4.78, 5) is 2.51. The fourth-order valence-electron chi connectivity index (χ4n) is 7.44. The molecule has 0 aliphatic carbocycles. The van der Waals surface area contributed by atoms with E-state index in [0.717, 1.165) is 39.0 Å². The Balaban J connectivity index is 1.78. The first kappa shape index (κ1) is 42.8. The van der Waals surface area contributed by atoms with Crippen LogP contribution in [0.4, 0.5) is 5.69 Å². The average molecular weight is 702 g/mol. The van der Waals surface area contributed by atoms with Gasteiger partial charge in [-0.2, -0.15) is 10.2 Å². The largest absolute Gasteiger partial charge is 0.332 e. The van der Waals surface area contributed by atoms with Crippen LogP contribution in [0.1, 0.15) is 205 Å². The van der Waals surface area contributed by atoms with E-state index in [1.807, 2.05) is 0 Å². The van der Waals surface area contributed by atoms with E-state index in [0.29, 0.717) is 0 Å². The van der Waals surface area contributed by atoms with Crippen LogP contribution in [0.2, 0.25) is 0 Å². The zero-order chi connectivity index (χ0) is 36.2.